The zero-order chi connectivity index (χ0) is 17.6. The van der Waals surface area contributed by atoms with Crippen LogP contribution in [-0.2, 0) is 25.4 Å². The number of hydrogen-bond donors (Lipinski definition) is 2. The number of rotatable bonds is 8. The molecule has 1 aromatic carbocycles. The topological polar surface area (TPSA) is 104 Å². The molecule has 0 aliphatic carbocycles. The van der Waals surface area contributed by atoms with Gasteiger partial charge in [-0.3, -0.25) is 9.59 Å². The number of carboxylic acids is 1. The number of carbonyl (C=O) groups is 2. The molecule has 0 spiro atoms. The van der Waals surface area contributed by atoms with Gasteiger partial charge in [0.15, 0.2) is 0 Å². The summed E-state index contributed by atoms with van der Waals surface area (Å²) in [5.41, 5.74) is 1.54. The molecule has 9 heteroatoms. The fourth-order valence-electron chi connectivity index (χ4n) is 2.39. The van der Waals surface area contributed by atoms with Gasteiger partial charge in [0.25, 0.3) is 0 Å². The number of nitrogens with zero attached hydrogens (tertiary/aromatic N) is 1. The fraction of sp³-hybridized carbons (Fsp3) is 0.467. The van der Waals surface area contributed by atoms with E-state index in [2.05, 4.69) is 5.32 Å². The third kappa shape index (κ3) is 5.81. The number of benzene rings is 1. The predicted molar refractivity (Wildman–Crippen MR) is 93.5 cm³/mol. The minimum Gasteiger partial charge on any atom is -0.481 e. The summed E-state index contributed by atoms with van der Waals surface area (Å²) < 4.78 is 24.7. The van der Waals surface area contributed by atoms with Crippen molar-refractivity contribution in [2.24, 2.45) is 0 Å². The lowest BCUT2D eigenvalue weighted by Crippen LogP contribution is -2.29. The summed E-state index contributed by atoms with van der Waals surface area (Å²) in [5.74, 6) is -0.373. The van der Waals surface area contributed by atoms with E-state index in [1.165, 1.54) is 16.1 Å². The van der Waals surface area contributed by atoms with Crippen molar-refractivity contribution in [3.63, 3.8) is 0 Å². The van der Waals surface area contributed by atoms with E-state index in [1.54, 1.807) is 18.2 Å². The van der Waals surface area contributed by atoms with Crippen molar-refractivity contribution >= 4 is 39.3 Å². The number of amides is 1. The highest BCUT2D eigenvalue weighted by Gasteiger charge is 2.28. The van der Waals surface area contributed by atoms with Gasteiger partial charge < -0.3 is 10.4 Å². The van der Waals surface area contributed by atoms with Crippen LogP contribution < -0.4 is 5.32 Å². The number of nitrogens with one attached hydrogen (secondary N) is 1. The van der Waals surface area contributed by atoms with Crippen LogP contribution >= 0.6 is 11.8 Å². The van der Waals surface area contributed by atoms with Gasteiger partial charge in [-0.1, -0.05) is 12.1 Å². The van der Waals surface area contributed by atoms with Gasteiger partial charge in [0.1, 0.15) is 0 Å². The fourth-order valence-corrected chi connectivity index (χ4v) is 4.61. The number of carbonyl (C=O) groups excluding carboxylic acids is 1. The van der Waals surface area contributed by atoms with Crippen LogP contribution in [0.3, 0.4) is 0 Å². The highest BCUT2D eigenvalue weighted by atomic mass is 32.2. The average Bonchev–Trinajstić information content (AvgIpc) is 2.84. The Morgan fingerprint density at radius 3 is 2.79 bits per heavy atom. The normalized spacial score (nSPS) is 16.8. The molecule has 0 saturated carbocycles. The first-order valence-electron chi connectivity index (χ1n) is 7.53. The molecule has 7 nitrogen and oxygen atoms in total. The molecule has 1 amide bonds. The molecule has 1 saturated heterocycles. The van der Waals surface area contributed by atoms with Gasteiger partial charge in [0.05, 0.1) is 11.5 Å². The van der Waals surface area contributed by atoms with Crippen molar-refractivity contribution in [3.05, 3.63) is 29.8 Å². The van der Waals surface area contributed by atoms with Gasteiger partial charge in [-0.25, -0.2) is 12.7 Å². The van der Waals surface area contributed by atoms with E-state index in [9.17, 15) is 18.0 Å². The van der Waals surface area contributed by atoms with Crippen molar-refractivity contribution in [1.29, 1.82) is 0 Å². The van der Waals surface area contributed by atoms with Gasteiger partial charge in [-0.2, -0.15) is 0 Å². The Balaban J connectivity index is 1.82. The molecule has 1 aliphatic heterocycles. The molecular weight excluding hydrogens is 352 g/mol. The first kappa shape index (κ1) is 18.8. The average molecular weight is 372 g/mol. The lowest BCUT2D eigenvalue weighted by molar-refractivity contribution is -0.133. The van der Waals surface area contributed by atoms with Crippen LogP contribution in [0.25, 0.3) is 0 Å². The first-order valence-corrected chi connectivity index (χ1v) is 10.3. The van der Waals surface area contributed by atoms with Crippen LogP contribution in [0.4, 0.5) is 5.69 Å². The highest BCUT2D eigenvalue weighted by Crippen LogP contribution is 2.17. The lowest BCUT2D eigenvalue weighted by atomic mass is 10.2. The Labute approximate surface area is 145 Å². The van der Waals surface area contributed by atoms with Crippen LogP contribution in [0.2, 0.25) is 0 Å². The number of aliphatic carboxylic acids is 1. The van der Waals surface area contributed by atoms with E-state index in [0.717, 1.165) is 5.56 Å². The summed E-state index contributed by atoms with van der Waals surface area (Å²) in [4.78, 5) is 22.5. The predicted octanol–water partition coefficient (Wildman–Crippen LogP) is 1.37. The molecule has 1 aromatic rings. The SMILES string of the molecule is O=C(O)CSCc1cccc(NC(=O)CCN2CCCS2(=O)=O)c1. The van der Waals surface area contributed by atoms with E-state index in [0.29, 0.717) is 24.4 Å². The van der Waals surface area contributed by atoms with Gasteiger partial charge >= 0.3 is 5.97 Å². The molecule has 2 N–H and O–H groups in total. The maximum Gasteiger partial charge on any atom is 0.313 e. The Morgan fingerprint density at radius 1 is 1.33 bits per heavy atom. The number of thioether (sulfide) groups is 1. The van der Waals surface area contributed by atoms with E-state index in [1.807, 2.05) is 6.07 Å². The third-order valence-corrected chi connectivity index (χ3v) is 6.44. The minimum atomic E-state index is -3.18. The molecule has 0 aromatic heterocycles. The summed E-state index contributed by atoms with van der Waals surface area (Å²) in [6.45, 7) is 0.675. The quantitative estimate of drug-likeness (QED) is 0.714. The lowest BCUT2D eigenvalue weighted by Gasteiger charge is -2.14. The van der Waals surface area contributed by atoms with Gasteiger partial charge in [-0.05, 0) is 24.1 Å². The van der Waals surface area contributed by atoms with Crippen LogP contribution in [0.5, 0.6) is 0 Å². The van der Waals surface area contributed by atoms with Crippen molar-refractivity contribution in [3.8, 4) is 0 Å². The second-order valence-corrected chi connectivity index (χ2v) is 8.53. The Bertz CT molecular complexity index is 706. The Hall–Kier alpha value is -1.58. The molecule has 1 heterocycles. The Kier molecular flexibility index (Phi) is 6.64. The van der Waals surface area contributed by atoms with Crippen molar-refractivity contribution in [1.82, 2.24) is 4.31 Å². The molecular formula is C15H20N2O5S2. The van der Waals surface area contributed by atoms with E-state index >= 15 is 0 Å². The molecule has 1 fully saturated rings. The molecule has 24 heavy (non-hydrogen) atoms. The summed E-state index contributed by atoms with van der Waals surface area (Å²) >= 11 is 1.28. The maximum absolute atomic E-state index is 12.0. The van der Waals surface area contributed by atoms with Gasteiger partial charge in [0, 0.05) is 31.0 Å². The van der Waals surface area contributed by atoms with Gasteiger partial charge in [-0.15, -0.1) is 11.8 Å². The monoisotopic (exact) mass is 372 g/mol. The smallest absolute Gasteiger partial charge is 0.313 e. The summed E-state index contributed by atoms with van der Waals surface area (Å²) in [5, 5.41) is 11.4. The molecule has 0 unspecified atom stereocenters. The number of sulfonamides is 1. The number of hydrogen-bond acceptors (Lipinski definition) is 5. The minimum absolute atomic E-state index is 0.0287. The molecule has 2 rings (SSSR count). The number of anilines is 1. The van der Waals surface area contributed by atoms with Crippen molar-refractivity contribution in [2.45, 2.75) is 18.6 Å². The zero-order valence-electron chi connectivity index (χ0n) is 13.1. The summed E-state index contributed by atoms with van der Waals surface area (Å²) in [6, 6.07) is 7.19. The number of carboxylic acid groups (broad SMARTS) is 1. The van der Waals surface area contributed by atoms with Crippen LogP contribution in [0, 0.1) is 0 Å². The second-order valence-electron chi connectivity index (χ2n) is 5.45. The summed E-state index contributed by atoms with van der Waals surface area (Å²) in [6.07, 6.45) is 0.719. The van der Waals surface area contributed by atoms with E-state index in [-0.39, 0.29) is 30.4 Å². The van der Waals surface area contributed by atoms with Gasteiger partial charge in [0.2, 0.25) is 15.9 Å². The van der Waals surface area contributed by atoms with E-state index < -0.39 is 16.0 Å². The summed E-state index contributed by atoms with van der Waals surface area (Å²) in [7, 11) is -3.18. The van der Waals surface area contributed by atoms with Crippen LogP contribution in [0.1, 0.15) is 18.4 Å². The van der Waals surface area contributed by atoms with Crippen molar-refractivity contribution < 1.29 is 23.1 Å². The van der Waals surface area contributed by atoms with E-state index in [4.69, 9.17) is 5.11 Å². The van der Waals surface area contributed by atoms with Crippen LogP contribution in [0.15, 0.2) is 24.3 Å². The standard InChI is InChI=1S/C15H20N2O5S2/c18-14(5-7-17-6-2-8-24(17,21)22)16-13-4-1-3-12(9-13)10-23-11-15(19)20/h1,3-4,9H,2,5-8,10-11H2,(H,16,18)(H,19,20). The third-order valence-electron chi connectivity index (χ3n) is 3.50. The molecule has 0 bridgehead atoms. The molecule has 0 radical (unpaired) electrons. The van der Waals surface area contributed by atoms with Crippen molar-refractivity contribution in [2.75, 3.05) is 29.9 Å². The van der Waals surface area contributed by atoms with Crippen LogP contribution in [-0.4, -0.2) is 54.3 Å². The molecule has 1 aliphatic rings. The highest BCUT2D eigenvalue weighted by molar-refractivity contribution is 7.99. The largest absolute Gasteiger partial charge is 0.481 e. The zero-order valence-corrected chi connectivity index (χ0v) is 14.7. The second kappa shape index (κ2) is 8.50. The molecule has 132 valence electrons. The first-order chi connectivity index (χ1) is 11.4. The Morgan fingerprint density at radius 2 is 2.12 bits per heavy atom. The molecule has 0 atom stereocenters. The maximum atomic E-state index is 12.0.